The van der Waals surface area contributed by atoms with Crippen molar-refractivity contribution in [3.8, 4) is 0 Å². The van der Waals surface area contributed by atoms with Crippen molar-refractivity contribution in [2.24, 2.45) is 7.05 Å². The summed E-state index contributed by atoms with van der Waals surface area (Å²) in [5.74, 6) is 0.784. The largest absolute Gasteiger partial charge is 0.282 e. The molecule has 2 aromatic rings. The van der Waals surface area contributed by atoms with E-state index in [0.29, 0.717) is 11.8 Å². The smallest absolute Gasteiger partial charge is 0.0527 e. The third-order valence-electron chi connectivity index (χ3n) is 3.35. The Morgan fingerprint density at radius 1 is 1.24 bits per heavy atom. The summed E-state index contributed by atoms with van der Waals surface area (Å²) in [6.45, 7) is 8.68. The Balaban J connectivity index is 2.47. The Hall–Kier alpha value is -1.58. The van der Waals surface area contributed by atoms with E-state index >= 15 is 0 Å². The maximum Gasteiger partial charge on any atom is 0.0527 e. The van der Waals surface area contributed by atoms with Crippen LogP contribution in [0, 0.1) is 6.92 Å². The molecule has 92 valence electrons. The van der Waals surface area contributed by atoms with Gasteiger partial charge < -0.3 is 0 Å². The first-order valence-electron chi connectivity index (χ1n) is 6.04. The summed E-state index contributed by atoms with van der Waals surface area (Å²) in [6.07, 6.45) is 3.85. The van der Waals surface area contributed by atoms with Gasteiger partial charge in [-0.25, -0.2) is 0 Å². The topological polar surface area (TPSA) is 46.5 Å². The molecule has 17 heavy (non-hydrogen) atoms. The number of aryl methyl sites for hydroxylation is 2. The van der Waals surface area contributed by atoms with E-state index in [2.05, 4.69) is 43.0 Å². The van der Waals surface area contributed by atoms with Crippen molar-refractivity contribution >= 4 is 0 Å². The lowest BCUT2D eigenvalue weighted by molar-refractivity contribution is 0.663. The Morgan fingerprint density at radius 2 is 1.94 bits per heavy atom. The van der Waals surface area contributed by atoms with Gasteiger partial charge in [0.25, 0.3) is 0 Å². The van der Waals surface area contributed by atoms with Crippen LogP contribution in [0.1, 0.15) is 55.1 Å². The third kappa shape index (κ3) is 1.99. The summed E-state index contributed by atoms with van der Waals surface area (Å²) < 4.78 is 1.97. The fraction of sp³-hybridized carbons (Fsp3) is 0.538. The second kappa shape index (κ2) is 4.35. The summed E-state index contributed by atoms with van der Waals surface area (Å²) >= 11 is 0. The minimum absolute atomic E-state index is 0.294. The molecule has 1 unspecified atom stereocenters. The lowest BCUT2D eigenvalue weighted by Crippen LogP contribution is -2.08. The maximum atomic E-state index is 4.38. The summed E-state index contributed by atoms with van der Waals surface area (Å²) in [7, 11) is 2.00. The number of hydrogen-bond donors (Lipinski definition) is 1. The number of aromatic nitrogens is 4. The molecule has 1 atom stereocenters. The molecule has 4 nitrogen and oxygen atoms in total. The maximum absolute atomic E-state index is 4.38. The van der Waals surface area contributed by atoms with Crippen LogP contribution < -0.4 is 0 Å². The predicted octanol–water partition coefficient (Wildman–Crippen LogP) is 2.73. The van der Waals surface area contributed by atoms with E-state index in [1.54, 1.807) is 0 Å². The van der Waals surface area contributed by atoms with E-state index < -0.39 is 0 Å². The molecule has 0 bridgehead atoms. The number of nitrogens with zero attached hydrogens (tertiary/aromatic N) is 3. The van der Waals surface area contributed by atoms with Crippen molar-refractivity contribution in [3.05, 3.63) is 34.9 Å². The summed E-state index contributed by atoms with van der Waals surface area (Å²) in [5, 5.41) is 11.6. The van der Waals surface area contributed by atoms with Crippen molar-refractivity contribution < 1.29 is 0 Å². The first-order valence-corrected chi connectivity index (χ1v) is 6.04. The van der Waals surface area contributed by atoms with E-state index in [1.807, 2.05) is 24.1 Å². The molecule has 0 aliphatic carbocycles. The lowest BCUT2D eigenvalue weighted by Gasteiger charge is -2.15. The van der Waals surface area contributed by atoms with E-state index in [1.165, 1.54) is 22.5 Å². The highest BCUT2D eigenvalue weighted by atomic mass is 15.3. The van der Waals surface area contributed by atoms with Crippen molar-refractivity contribution in [3.63, 3.8) is 0 Å². The molecule has 0 fully saturated rings. The zero-order chi connectivity index (χ0) is 12.6. The van der Waals surface area contributed by atoms with Crippen LogP contribution in [0.4, 0.5) is 0 Å². The third-order valence-corrected chi connectivity index (χ3v) is 3.35. The van der Waals surface area contributed by atoms with Crippen LogP contribution in [0.25, 0.3) is 0 Å². The minimum atomic E-state index is 0.294. The number of hydrogen-bond acceptors (Lipinski definition) is 2. The second-order valence-electron chi connectivity index (χ2n) is 4.95. The van der Waals surface area contributed by atoms with Crippen molar-refractivity contribution in [1.29, 1.82) is 0 Å². The van der Waals surface area contributed by atoms with E-state index in [-0.39, 0.29) is 0 Å². The molecular formula is C13H20N4. The molecule has 0 saturated heterocycles. The SMILES string of the molecule is Cc1cn[nH]c1C(C)c1c(C(C)C)cnn1C. The molecule has 0 aliphatic rings. The van der Waals surface area contributed by atoms with Gasteiger partial charge in [-0.1, -0.05) is 20.8 Å². The van der Waals surface area contributed by atoms with E-state index in [9.17, 15) is 0 Å². The van der Waals surface area contributed by atoms with Crippen LogP contribution in [0.5, 0.6) is 0 Å². The zero-order valence-corrected chi connectivity index (χ0v) is 11.2. The highest BCUT2D eigenvalue weighted by Gasteiger charge is 2.21. The minimum Gasteiger partial charge on any atom is -0.282 e. The molecule has 4 heteroatoms. The van der Waals surface area contributed by atoms with Crippen molar-refractivity contribution in [1.82, 2.24) is 20.0 Å². The van der Waals surface area contributed by atoms with Crippen LogP contribution in [0.3, 0.4) is 0 Å². The van der Waals surface area contributed by atoms with Crippen LogP contribution in [-0.4, -0.2) is 20.0 Å². The Bertz CT molecular complexity index is 507. The monoisotopic (exact) mass is 232 g/mol. The quantitative estimate of drug-likeness (QED) is 0.884. The van der Waals surface area contributed by atoms with Gasteiger partial charge in [-0.2, -0.15) is 10.2 Å². The predicted molar refractivity (Wildman–Crippen MR) is 68.1 cm³/mol. The molecule has 0 saturated carbocycles. The Kier molecular flexibility index (Phi) is 3.05. The molecule has 0 aliphatic heterocycles. The van der Waals surface area contributed by atoms with Crippen LogP contribution in [0.2, 0.25) is 0 Å². The van der Waals surface area contributed by atoms with E-state index in [4.69, 9.17) is 0 Å². The standard InChI is InChI=1S/C13H20N4/c1-8(2)11-7-15-17(5)13(11)10(4)12-9(3)6-14-16-12/h6-8,10H,1-5H3,(H,14,16). The number of H-pyrrole nitrogens is 1. The van der Waals surface area contributed by atoms with Crippen molar-refractivity contribution in [2.45, 2.75) is 39.5 Å². The molecule has 2 aromatic heterocycles. The molecule has 1 N–H and O–H groups in total. The number of aromatic amines is 1. The molecule has 0 spiro atoms. The van der Waals surface area contributed by atoms with Crippen LogP contribution in [-0.2, 0) is 7.05 Å². The van der Waals surface area contributed by atoms with Crippen molar-refractivity contribution in [2.75, 3.05) is 0 Å². The van der Waals surface area contributed by atoms with Gasteiger partial charge in [0.15, 0.2) is 0 Å². The fourth-order valence-corrected chi connectivity index (χ4v) is 2.37. The number of nitrogens with one attached hydrogen (secondary N) is 1. The molecule has 2 heterocycles. The molecule has 0 radical (unpaired) electrons. The fourth-order valence-electron chi connectivity index (χ4n) is 2.37. The summed E-state index contributed by atoms with van der Waals surface area (Å²) in [5.41, 5.74) is 4.96. The average Bonchev–Trinajstić information content (AvgIpc) is 2.83. The Morgan fingerprint density at radius 3 is 2.47 bits per heavy atom. The normalized spacial score (nSPS) is 13.3. The number of rotatable bonds is 3. The first-order chi connectivity index (χ1) is 8.02. The van der Waals surface area contributed by atoms with Gasteiger partial charge in [-0.05, 0) is 24.0 Å². The second-order valence-corrected chi connectivity index (χ2v) is 4.95. The summed E-state index contributed by atoms with van der Waals surface area (Å²) in [6, 6.07) is 0. The highest BCUT2D eigenvalue weighted by molar-refractivity contribution is 5.33. The molecule has 0 aromatic carbocycles. The van der Waals surface area contributed by atoms with Gasteiger partial charge in [0.1, 0.15) is 0 Å². The molecule has 2 rings (SSSR count). The van der Waals surface area contributed by atoms with Gasteiger partial charge >= 0.3 is 0 Å². The average molecular weight is 232 g/mol. The van der Waals surface area contributed by atoms with Gasteiger partial charge in [-0.3, -0.25) is 9.78 Å². The van der Waals surface area contributed by atoms with Gasteiger partial charge in [0.05, 0.1) is 18.1 Å². The highest BCUT2D eigenvalue weighted by Crippen LogP contribution is 2.30. The van der Waals surface area contributed by atoms with Crippen LogP contribution >= 0.6 is 0 Å². The lowest BCUT2D eigenvalue weighted by atomic mass is 9.93. The zero-order valence-electron chi connectivity index (χ0n) is 11.2. The van der Waals surface area contributed by atoms with Gasteiger partial charge in [0.2, 0.25) is 0 Å². The Labute approximate surface area is 102 Å². The summed E-state index contributed by atoms with van der Waals surface area (Å²) in [4.78, 5) is 0. The van der Waals surface area contributed by atoms with Gasteiger partial charge in [-0.15, -0.1) is 0 Å². The molecular weight excluding hydrogens is 212 g/mol. The molecule has 0 amide bonds. The van der Waals surface area contributed by atoms with E-state index in [0.717, 1.165) is 0 Å². The van der Waals surface area contributed by atoms with Gasteiger partial charge in [0, 0.05) is 18.7 Å². The first kappa shape index (κ1) is 11.9. The van der Waals surface area contributed by atoms with Crippen LogP contribution in [0.15, 0.2) is 12.4 Å².